The maximum Gasteiger partial charge on any atom is 0.321 e. The number of fused-ring (bicyclic) bond motifs is 1. The van der Waals surface area contributed by atoms with Gasteiger partial charge in [0.1, 0.15) is 6.33 Å². The van der Waals surface area contributed by atoms with E-state index in [4.69, 9.17) is 0 Å². The molecule has 1 aliphatic carbocycles. The minimum absolute atomic E-state index is 0.0218. The lowest BCUT2D eigenvalue weighted by Gasteiger charge is -2.36. The second-order valence-electron chi connectivity index (χ2n) is 6.09. The van der Waals surface area contributed by atoms with Crippen LogP contribution in [0.15, 0.2) is 30.6 Å². The maximum absolute atomic E-state index is 12.1. The maximum atomic E-state index is 12.1. The van der Waals surface area contributed by atoms with E-state index in [1.54, 1.807) is 7.05 Å². The van der Waals surface area contributed by atoms with E-state index < -0.39 is 0 Å². The summed E-state index contributed by atoms with van der Waals surface area (Å²) in [7, 11) is 1.74. The van der Waals surface area contributed by atoms with Gasteiger partial charge < -0.3 is 5.32 Å². The van der Waals surface area contributed by atoms with Gasteiger partial charge in [0.25, 0.3) is 0 Å². The monoisotopic (exact) mass is 299 g/mol. The zero-order chi connectivity index (χ0) is 15.6. The quantitative estimate of drug-likeness (QED) is 0.913. The first-order valence-electron chi connectivity index (χ1n) is 7.56. The molecule has 6 nitrogen and oxygen atoms in total. The first-order valence-corrected chi connectivity index (χ1v) is 7.56. The van der Waals surface area contributed by atoms with Crippen LogP contribution in [-0.2, 0) is 18.9 Å². The molecule has 2 N–H and O–H groups in total. The van der Waals surface area contributed by atoms with Crippen LogP contribution in [0.4, 0.5) is 10.7 Å². The smallest absolute Gasteiger partial charge is 0.321 e. The number of carbonyl (C=O) groups is 1. The molecule has 2 amide bonds. The minimum Gasteiger partial charge on any atom is -0.337 e. The molecule has 0 radical (unpaired) electrons. The number of nitrogens with zero attached hydrogens (tertiary/aromatic N) is 3. The van der Waals surface area contributed by atoms with Gasteiger partial charge in [-0.2, -0.15) is 10.1 Å². The van der Waals surface area contributed by atoms with Crippen LogP contribution in [0.5, 0.6) is 0 Å². The molecule has 116 valence electrons. The van der Waals surface area contributed by atoms with Crippen LogP contribution in [0.1, 0.15) is 30.9 Å². The molecule has 0 aliphatic heterocycles. The topological polar surface area (TPSA) is 71.8 Å². The summed E-state index contributed by atoms with van der Waals surface area (Å²) >= 11 is 0. The third-order valence-corrected chi connectivity index (χ3v) is 4.42. The normalized spacial score (nSPS) is 20.3. The van der Waals surface area contributed by atoms with Gasteiger partial charge in [-0.25, -0.2) is 9.48 Å². The SMILES string of the molecule is Cn1ncnc1NC(=O)NC[C@@]1(C)CCCc2ccccc21. The van der Waals surface area contributed by atoms with Crippen molar-refractivity contribution in [3.63, 3.8) is 0 Å². The van der Waals surface area contributed by atoms with Crippen LogP contribution in [0.3, 0.4) is 0 Å². The fourth-order valence-electron chi connectivity index (χ4n) is 3.14. The van der Waals surface area contributed by atoms with Gasteiger partial charge >= 0.3 is 6.03 Å². The van der Waals surface area contributed by atoms with Gasteiger partial charge in [0.15, 0.2) is 0 Å². The molecule has 0 unspecified atom stereocenters. The van der Waals surface area contributed by atoms with E-state index in [1.165, 1.54) is 22.1 Å². The van der Waals surface area contributed by atoms with Gasteiger partial charge in [0, 0.05) is 19.0 Å². The van der Waals surface area contributed by atoms with Crippen LogP contribution < -0.4 is 10.6 Å². The van der Waals surface area contributed by atoms with Crippen LogP contribution in [0.2, 0.25) is 0 Å². The van der Waals surface area contributed by atoms with Crippen molar-refractivity contribution < 1.29 is 4.79 Å². The van der Waals surface area contributed by atoms with Gasteiger partial charge in [0.2, 0.25) is 5.95 Å². The predicted molar refractivity (Wildman–Crippen MR) is 84.8 cm³/mol. The van der Waals surface area contributed by atoms with Crippen molar-refractivity contribution in [1.82, 2.24) is 20.1 Å². The number of amides is 2. The molecular weight excluding hydrogens is 278 g/mol. The zero-order valence-electron chi connectivity index (χ0n) is 13.0. The number of carbonyl (C=O) groups excluding carboxylic acids is 1. The summed E-state index contributed by atoms with van der Waals surface area (Å²) in [6.07, 6.45) is 4.76. The highest BCUT2D eigenvalue weighted by Gasteiger charge is 2.32. The first-order chi connectivity index (χ1) is 10.6. The molecule has 1 atom stereocenters. The number of hydrogen-bond acceptors (Lipinski definition) is 3. The van der Waals surface area contributed by atoms with E-state index in [0.717, 1.165) is 19.3 Å². The molecule has 1 heterocycles. The Kier molecular flexibility index (Phi) is 3.83. The number of urea groups is 1. The standard InChI is InChI=1S/C16H21N5O/c1-16(9-5-7-12-6-3-4-8-13(12)16)10-17-15(22)20-14-18-11-19-21(14)2/h3-4,6,8,11H,5,7,9-10H2,1-2H3,(H2,17,18,19,20,22)/t16-/m1/s1. The predicted octanol–water partition coefficient (Wildman–Crippen LogP) is 2.23. The number of benzene rings is 1. The van der Waals surface area contributed by atoms with E-state index in [-0.39, 0.29) is 11.4 Å². The van der Waals surface area contributed by atoms with Crippen LogP contribution >= 0.6 is 0 Å². The molecular formula is C16H21N5O. The Labute approximate surface area is 129 Å². The Morgan fingerprint density at radius 3 is 3.00 bits per heavy atom. The van der Waals surface area contributed by atoms with Gasteiger partial charge in [-0.05, 0) is 30.4 Å². The summed E-state index contributed by atoms with van der Waals surface area (Å²) in [5.74, 6) is 0.437. The van der Waals surface area contributed by atoms with Gasteiger partial charge in [0.05, 0.1) is 0 Å². The number of hydrogen-bond donors (Lipinski definition) is 2. The molecule has 1 aliphatic rings. The summed E-state index contributed by atoms with van der Waals surface area (Å²) in [6.45, 7) is 2.82. The summed E-state index contributed by atoms with van der Waals surface area (Å²) < 4.78 is 1.53. The molecule has 0 saturated carbocycles. The highest BCUT2D eigenvalue weighted by Crippen LogP contribution is 2.36. The molecule has 1 aromatic heterocycles. The van der Waals surface area contributed by atoms with Crippen LogP contribution in [0.25, 0.3) is 0 Å². The highest BCUT2D eigenvalue weighted by molar-refractivity contribution is 5.87. The summed E-state index contributed by atoms with van der Waals surface area (Å²) in [5, 5.41) is 9.60. The molecule has 0 spiro atoms. The Hall–Kier alpha value is -2.37. The first kappa shape index (κ1) is 14.6. The number of aryl methyl sites for hydroxylation is 2. The van der Waals surface area contributed by atoms with Crippen molar-refractivity contribution in [2.45, 2.75) is 31.6 Å². The lowest BCUT2D eigenvalue weighted by atomic mass is 9.71. The molecule has 3 rings (SSSR count). The average molecular weight is 299 g/mol. The second kappa shape index (κ2) is 5.79. The van der Waals surface area contributed by atoms with E-state index in [0.29, 0.717) is 12.5 Å². The number of nitrogens with one attached hydrogen (secondary N) is 2. The lowest BCUT2D eigenvalue weighted by Crippen LogP contribution is -2.42. The fraction of sp³-hybridized carbons (Fsp3) is 0.438. The van der Waals surface area contributed by atoms with Gasteiger partial charge in [-0.1, -0.05) is 31.2 Å². The largest absolute Gasteiger partial charge is 0.337 e. The molecule has 22 heavy (non-hydrogen) atoms. The van der Waals surface area contributed by atoms with Crippen LogP contribution in [-0.4, -0.2) is 27.3 Å². The number of rotatable bonds is 3. The van der Waals surface area contributed by atoms with Crippen molar-refractivity contribution in [3.05, 3.63) is 41.7 Å². The van der Waals surface area contributed by atoms with E-state index in [2.05, 4.69) is 51.9 Å². The third-order valence-electron chi connectivity index (χ3n) is 4.42. The zero-order valence-corrected chi connectivity index (χ0v) is 13.0. The minimum atomic E-state index is -0.250. The van der Waals surface area contributed by atoms with E-state index in [9.17, 15) is 4.79 Å². The Balaban J connectivity index is 1.66. The van der Waals surface area contributed by atoms with Crippen LogP contribution in [0, 0.1) is 0 Å². The van der Waals surface area contributed by atoms with Crippen molar-refractivity contribution >= 4 is 12.0 Å². The molecule has 0 fully saturated rings. The van der Waals surface area contributed by atoms with Gasteiger partial charge in [-0.3, -0.25) is 5.32 Å². The van der Waals surface area contributed by atoms with Crippen molar-refractivity contribution in [3.8, 4) is 0 Å². The molecule has 1 aromatic carbocycles. The van der Waals surface area contributed by atoms with Crippen molar-refractivity contribution in [2.75, 3.05) is 11.9 Å². The summed E-state index contributed by atoms with van der Waals surface area (Å²) in [5.41, 5.74) is 2.72. The van der Waals surface area contributed by atoms with E-state index in [1.807, 2.05) is 0 Å². The second-order valence-corrected chi connectivity index (χ2v) is 6.09. The average Bonchev–Trinajstić information content (AvgIpc) is 2.91. The Bertz CT molecular complexity index is 681. The molecule has 0 saturated heterocycles. The summed E-state index contributed by atoms with van der Waals surface area (Å²) in [6, 6.07) is 8.27. The Morgan fingerprint density at radius 2 is 2.23 bits per heavy atom. The highest BCUT2D eigenvalue weighted by atomic mass is 16.2. The number of aromatic nitrogens is 3. The Morgan fingerprint density at radius 1 is 1.41 bits per heavy atom. The van der Waals surface area contributed by atoms with Crippen molar-refractivity contribution in [1.29, 1.82) is 0 Å². The molecule has 0 bridgehead atoms. The third kappa shape index (κ3) is 2.81. The number of anilines is 1. The van der Waals surface area contributed by atoms with Gasteiger partial charge in [-0.15, -0.1) is 0 Å². The fourth-order valence-corrected chi connectivity index (χ4v) is 3.14. The summed E-state index contributed by atoms with van der Waals surface area (Å²) in [4.78, 5) is 16.0. The molecule has 2 aromatic rings. The molecule has 6 heteroatoms. The lowest BCUT2D eigenvalue weighted by molar-refractivity contribution is 0.247. The van der Waals surface area contributed by atoms with Crippen molar-refractivity contribution in [2.24, 2.45) is 7.05 Å². The van der Waals surface area contributed by atoms with E-state index >= 15 is 0 Å².